The highest BCUT2D eigenvalue weighted by molar-refractivity contribution is 7.87. The lowest BCUT2D eigenvalue weighted by atomic mass is 9.99. The van der Waals surface area contributed by atoms with E-state index in [0.717, 1.165) is 4.31 Å². The van der Waals surface area contributed by atoms with E-state index in [2.05, 4.69) is 9.57 Å². The van der Waals surface area contributed by atoms with Crippen molar-refractivity contribution in [3.8, 4) is 0 Å². The molecule has 9 nitrogen and oxygen atoms in total. The third kappa shape index (κ3) is 4.74. The van der Waals surface area contributed by atoms with E-state index in [1.807, 2.05) is 0 Å². The van der Waals surface area contributed by atoms with Crippen LogP contribution in [-0.2, 0) is 29.4 Å². The Hall–Kier alpha value is -1.23. The number of hydrogen-bond acceptors (Lipinski definition) is 6. The molecule has 1 aliphatic heterocycles. The fraction of sp³-hybridized carbons (Fsp3) is 0.778. The van der Waals surface area contributed by atoms with Crippen molar-refractivity contribution >= 4 is 22.1 Å². The highest BCUT2D eigenvalue weighted by atomic mass is 32.2. The normalized spacial score (nSPS) is 18.2. The fourth-order valence-corrected chi connectivity index (χ4v) is 2.72. The van der Waals surface area contributed by atoms with Crippen molar-refractivity contribution in [3.63, 3.8) is 0 Å². The van der Waals surface area contributed by atoms with Crippen LogP contribution in [0.1, 0.15) is 12.8 Å². The number of carbonyl (C=O) groups excluding carboxylic acids is 1. The maximum Gasteiger partial charge on any atom is 0.331 e. The van der Waals surface area contributed by atoms with Crippen LogP contribution in [0.4, 0.5) is 0 Å². The van der Waals surface area contributed by atoms with Crippen LogP contribution in [0, 0.1) is 5.92 Å². The molecule has 1 aliphatic rings. The van der Waals surface area contributed by atoms with Crippen molar-refractivity contribution in [1.29, 1.82) is 0 Å². The predicted molar refractivity (Wildman–Crippen MR) is 62.0 cm³/mol. The van der Waals surface area contributed by atoms with Gasteiger partial charge in [-0.15, -0.1) is 0 Å². The van der Waals surface area contributed by atoms with Gasteiger partial charge in [0, 0.05) is 13.1 Å². The summed E-state index contributed by atoms with van der Waals surface area (Å²) in [6, 6.07) is 0. The summed E-state index contributed by atoms with van der Waals surface area (Å²) in [4.78, 5) is 27.5. The highest BCUT2D eigenvalue weighted by Gasteiger charge is 2.31. The molecule has 110 valence electrons. The van der Waals surface area contributed by atoms with Gasteiger partial charge in [0.05, 0.1) is 13.0 Å². The molecule has 19 heavy (non-hydrogen) atoms. The van der Waals surface area contributed by atoms with Gasteiger partial charge in [-0.05, 0) is 12.8 Å². The average molecular weight is 296 g/mol. The van der Waals surface area contributed by atoms with Gasteiger partial charge < -0.3 is 9.84 Å². The number of carboxylic acid groups (broad SMARTS) is 1. The number of hydrogen-bond donors (Lipinski definition) is 2. The van der Waals surface area contributed by atoms with E-state index >= 15 is 0 Å². The number of carboxylic acids is 1. The van der Waals surface area contributed by atoms with Crippen molar-refractivity contribution in [2.75, 3.05) is 26.8 Å². The van der Waals surface area contributed by atoms with E-state index in [0.29, 0.717) is 12.8 Å². The molecule has 0 unspecified atom stereocenters. The van der Waals surface area contributed by atoms with Gasteiger partial charge >= 0.3 is 22.1 Å². The maximum atomic E-state index is 11.7. The Morgan fingerprint density at radius 1 is 1.37 bits per heavy atom. The second-order valence-corrected chi connectivity index (χ2v) is 5.60. The molecular formula is C9H16N2O7S. The molecule has 0 spiro atoms. The van der Waals surface area contributed by atoms with Gasteiger partial charge in [-0.2, -0.15) is 12.7 Å². The summed E-state index contributed by atoms with van der Waals surface area (Å²) < 4.78 is 29.1. The molecule has 1 heterocycles. The van der Waals surface area contributed by atoms with Crippen LogP contribution < -0.4 is 4.89 Å². The first-order valence-electron chi connectivity index (χ1n) is 5.55. The van der Waals surface area contributed by atoms with Crippen LogP contribution in [0.25, 0.3) is 0 Å². The number of nitrogens with one attached hydrogen (secondary N) is 1. The third-order valence-electron chi connectivity index (χ3n) is 2.69. The van der Waals surface area contributed by atoms with Gasteiger partial charge in [0.25, 0.3) is 0 Å². The number of carbonyl (C=O) groups is 2. The minimum absolute atomic E-state index is 0.144. The standard InChI is InChI=1S/C9H16N2O7S/c1-17-9(14)7-2-4-11(5-3-7)19(15,16)10-18-6-8(12)13/h7,10H,2-6H2,1H3,(H,12,13). The van der Waals surface area contributed by atoms with Crippen LogP contribution in [0.5, 0.6) is 0 Å². The molecule has 1 saturated heterocycles. The van der Waals surface area contributed by atoms with E-state index in [9.17, 15) is 18.0 Å². The lowest BCUT2D eigenvalue weighted by Gasteiger charge is -2.29. The van der Waals surface area contributed by atoms with Crippen LogP contribution in [0.2, 0.25) is 0 Å². The van der Waals surface area contributed by atoms with Crippen LogP contribution >= 0.6 is 0 Å². The maximum absolute atomic E-state index is 11.7. The van der Waals surface area contributed by atoms with E-state index in [4.69, 9.17) is 5.11 Å². The number of ether oxygens (including phenoxy) is 1. The monoisotopic (exact) mass is 296 g/mol. The SMILES string of the molecule is COC(=O)C1CCN(S(=O)(=O)NOCC(=O)O)CC1. The second kappa shape index (κ2) is 6.80. The summed E-state index contributed by atoms with van der Waals surface area (Å²) in [7, 11) is -2.60. The van der Waals surface area contributed by atoms with E-state index in [1.165, 1.54) is 7.11 Å². The Morgan fingerprint density at radius 3 is 2.42 bits per heavy atom. The fourth-order valence-electron chi connectivity index (χ4n) is 1.72. The minimum Gasteiger partial charge on any atom is -0.479 e. The zero-order valence-electron chi connectivity index (χ0n) is 10.4. The van der Waals surface area contributed by atoms with Gasteiger partial charge in [-0.1, -0.05) is 4.89 Å². The third-order valence-corrected chi connectivity index (χ3v) is 4.06. The van der Waals surface area contributed by atoms with Gasteiger partial charge in [-0.25, -0.2) is 4.79 Å². The summed E-state index contributed by atoms with van der Waals surface area (Å²) in [6.07, 6.45) is 0.707. The molecule has 0 aliphatic carbocycles. The van der Waals surface area contributed by atoms with Crippen molar-refractivity contribution in [1.82, 2.24) is 9.19 Å². The molecule has 10 heteroatoms. The van der Waals surface area contributed by atoms with Gasteiger partial charge in [0.2, 0.25) is 0 Å². The second-order valence-electron chi connectivity index (χ2n) is 3.97. The average Bonchev–Trinajstić information content (AvgIpc) is 2.37. The quantitative estimate of drug-likeness (QED) is 0.462. The summed E-state index contributed by atoms with van der Waals surface area (Å²) in [5.41, 5.74) is 0. The molecule has 0 saturated carbocycles. The van der Waals surface area contributed by atoms with Crippen LogP contribution in [0.3, 0.4) is 0 Å². The topological polar surface area (TPSA) is 122 Å². The number of piperidine rings is 1. The Morgan fingerprint density at radius 2 is 1.95 bits per heavy atom. The number of esters is 1. The molecule has 0 bridgehead atoms. The summed E-state index contributed by atoms with van der Waals surface area (Å²) in [6.45, 7) is -0.477. The largest absolute Gasteiger partial charge is 0.479 e. The predicted octanol–water partition coefficient (Wildman–Crippen LogP) is -1.28. The van der Waals surface area contributed by atoms with E-state index < -0.39 is 22.8 Å². The summed E-state index contributed by atoms with van der Waals surface area (Å²) in [5.74, 6) is -1.95. The molecule has 0 aromatic carbocycles. The summed E-state index contributed by atoms with van der Waals surface area (Å²) >= 11 is 0. The number of rotatable bonds is 6. The first-order valence-corrected chi connectivity index (χ1v) is 6.99. The molecule has 0 amide bonds. The molecule has 0 radical (unpaired) electrons. The molecule has 1 fully saturated rings. The van der Waals surface area contributed by atoms with Crippen molar-refractivity contribution in [2.45, 2.75) is 12.8 Å². The Labute approximate surface area is 110 Å². The Kier molecular flexibility index (Phi) is 5.66. The number of nitrogens with zero attached hydrogens (tertiary/aromatic N) is 1. The zero-order chi connectivity index (χ0) is 14.5. The van der Waals surface area contributed by atoms with Crippen LogP contribution in [0.15, 0.2) is 0 Å². The van der Waals surface area contributed by atoms with Gasteiger partial charge in [0.1, 0.15) is 0 Å². The Bertz CT molecular complexity index is 428. The molecule has 1 rings (SSSR count). The van der Waals surface area contributed by atoms with E-state index in [-0.39, 0.29) is 25.0 Å². The lowest BCUT2D eigenvalue weighted by molar-refractivity contribution is -0.147. The lowest BCUT2D eigenvalue weighted by Crippen LogP contribution is -2.46. The minimum atomic E-state index is -3.89. The van der Waals surface area contributed by atoms with Crippen molar-refractivity contribution in [3.05, 3.63) is 0 Å². The molecule has 0 aromatic heterocycles. The van der Waals surface area contributed by atoms with Gasteiger partial charge in [0.15, 0.2) is 6.61 Å². The number of aliphatic carboxylic acids is 1. The molecule has 0 aromatic rings. The van der Waals surface area contributed by atoms with Gasteiger partial charge in [-0.3, -0.25) is 9.63 Å². The van der Waals surface area contributed by atoms with Crippen LogP contribution in [-0.4, -0.2) is 56.6 Å². The molecule has 2 N–H and O–H groups in total. The van der Waals surface area contributed by atoms with Crippen molar-refractivity contribution < 1.29 is 32.7 Å². The number of methoxy groups -OCH3 is 1. The molecule has 0 atom stereocenters. The smallest absolute Gasteiger partial charge is 0.331 e. The van der Waals surface area contributed by atoms with E-state index in [1.54, 1.807) is 4.89 Å². The zero-order valence-corrected chi connectivity index (χ0v) is 11.2. The first-order chi connectivity index (χ1) is 8.86. The summed E-state index contributed by atoms with van der Waals surface area (Å²) in [5, 5.41) is 8.32. The molecular weight excluding hydrogens is 280 g/mol. The Balaban J connectivity index is 2.45. The highest BCUT2D eigenvalue weighted by Crippen LogP contribution is 2.19. The first kappa shape index (κ1) is 15.8. The van der Waals surface area contributed by atoms with Crippen molar-refractivity contribution in [2.24, 2.45) is 5.92 Å².